The Balaban J connectivity index is 2.02. The summed E-state index contributed by atoms with van der Waals surface area (Å²) in [5.74, 6) is -0.0799. The van der Waals surface area contributed by atoms with Gasteiger partial charge in [-0.05, 0) is 32.0 Å². The number of nitrogens with zero attached hydrogens (tertiary/aromatic N) is 3. The second kappa shape index (κ2) is 5.50. The van der Waals surface area contributed by atoms with Crippen molar-refractivity contribution in [1.29, 1.82) is 5.26 Å². The van der Waals surface area contributed by atoms with Gasteiger partial charge >= 0.3 is 0 Å². The number of H-pyrrole nitrogens is 1. The average Bonchev–Trinajstić information content (AvgIpc) is 2.94. The lowest BCUT2D eigenvalue weighted by molar-refractivity contribution is 0.379. The summed E-state index contributed by atoms with van der Waals surface area (Å²) in [6.45, 7) is 3.88. The quantitative estimate of drug-likeness (QED) is 0.654. The van der Waals surface area contributed by atoms with Gasteiger partial charge in [-0.1, -0.05) is 23.2 Å². The molecular formula is C18H14ClN5O. The van der Waals surface area contributed by atoms with Crippen LogP contribution in [0.2, 0.25) is 5.15 Å². The summed E-state index contributed by atoms with van der Waals surface area (Å²) in [5.41, 5.74) is 10.4. The largest absolute Gasteiger partial charge is 0.420 e. The minimum Gasteiger partial charge on any atom is -0.420 e. The number of allylic oxidation sites excluding steroid dienone is 1. The number of halogens is 1. The summed E-state index contributed by atoms with van der Waals surface area (Å²) in [6, 6.07) is 10.0. The Hall–Kier alpha value is -3.04. The Morgan fingerprint density at radius 3 is 2.88 bits per heavy atom. The number of ether oxygens (including phenoxy) is 1. The van der Waals surface area contributed by atoms with Crippen LogP contribution in [0.15, 0.2) is 35.7 Å². The van der Waals surface area contributed by atoms with Gasteiger partial charge in [0.2, 0.25) is 11.8 Å². The Morgan fingerprint density at radius 1 is 1.32 bits per heavy atom. The molecule has 0 fully saturated rings. The highest BCUT2D eigenvalue weighted by molar-refractivity contribution is 6.30. The predicted molar refractivity (Wildman–Crippen MR) is 94.1 cm³/mol. The van der Waals surface area contributed by atoms with Gasteiger partial charge in [0.1, 0.15) is 16.8 Å². The molecule has 1 atom stereocenters. The van der Waals surface area contributed by atoms with Crippen molar-refractivity contribution in [1.82, 2.24) is 15.2 Å². The topological polar surface area (TPSA) is 101 Å². The highest BCUT2D eigenvalue weighted by atomic mass is 35.5. The summed E-state index contributed by atoms with van der Waals surface area (Å²) in [5, 5.41) is 17.9. The second-order valence-electron chi connectivity index (χ2n) is 6.06. The summed E-state index contributed by atoms with van der Waals surface area (Å²) in [7, 11) is 0. The van der Waals surface area contributed by atoms with Crippen molar-refractivity contribution in [3.63, 3.8) is 0 Å². The van der Waals surface area contributed by atoms with Crippen LogP contribution in [0.4, 0.5) is 0 Å². The van der Waals surface area contributed by atoms with Crippen molar-refractivity contribution >= 4 is 22.5 Å². The van der Waals surface area contributed by atoms with Crippen molar-refractivity contribution in [2.24, 2.45) is 5.73 Å². The maximum absolute atomic E-state index is 9.63. The molecule has 0 aliphatic carbocycles. The van der Waals surface area contributed by atoms with E-state index >= 15 is 0 Å². The van der Waals surface area contributed by atoms with Crippen LogP contribution in [0, 0.1) is 25.2 Å². The van der Waals surface area contributed by atoms with Crippen LogP contribution in [-0.4, -0.2) is 15.2 Å². The van der Waals surface area contributed by atoms with Crippen LogP contribution in [0.1, 0.15) is 28.3 Å². The number of aromatic nitrogens is 3. The first-order valence-corrected chi connectivity index (χ1v) is 8.06. The van der Waals surface area contributed by atoms with Crippen molar-refractivity contribution in [2.75, 3.05) is 0 Å². The van der Waals surface area contributed by atoms with Gasteiger partial charge in [0, 0.05) is 22.2 Å². The average molecular weight is 352 g/mol. The van der Waals surface area contributed by atoms with E-state index in [1.165, 1.54) is 0 Å². The van der Waals surface area contributed by atoms with Gasteiger partial charge in [-0.2, -0.15) is 5.26 Å². The number of rotatable bonds is 1. The number of hydrogen-bond acceptors (Lipinski definition) is 5. The number of nitriles is 1. The van der Waals surface area contributed by atoms with Gasteiger partial charge < -0.3 is 10.5 Å². The highest BCUT2D eigenvalue weighted by Gasteiger charge is 2.35. The first-order valence-electron chi connectivity index (χ1n) is 7.69. The van der Waals surface area contributed by atoms with E-state index in [9.17, 15) is 5.26 Å². The van der Waals surface area contributed by atoms with Crippen LogP contribution in [0.25, 0.3) is 10.9 Å². The van der Waals surface area contributed by atoms with Crippen LogP contribution >= 0.6 is 11.6 Å². The summed E-state index contributed by atoms with van der Waals surface area (Å²) in [4.78, 5) is 4.49. The molecule has 1 aliphatic heterocycles. The summed E-state index contributed by atoms with van der Waals surface area (Å²) < 4.78 is 5.48. The smallest absolute Gasteiger partial charge is 0.244 e. The van der Waals surface area contributed by atoms with Crippen molar-refractivity contribution in [3.8, 4) is 11.9 Å². The molecule has 0 spiro atoms. The molecule has 0 bridgehead atoms. The maximum atomic E-state index is 9.63. The monoisotopic (exact) mass is 351 g/mol. The fourth-order valence-corrected chi connectivity index (χ4v) is 3.46. The van der Waals surface area contributed by atoms with E-state index in [1.54, 1.807) is 0 Å². The minimum atomic E-state index is -0.475. The molecule has 0 saturated heterocycles. The van der Waals surface area contributed by atoms with E-state index in [0.29, 0.717) is 22.2 Å². The molecule has 3 N–H and O–H groups in total. The molecule has 3 aromatic rings. The molecule has 0 saturated carbocycles. The van der Waals surface area contributed by atoms with Crippen LogP contribution in [0.3, 0.4) is 0 Å². The molecule has 1 aliphatic rings. The first-order chi connectivity index (χ1) is 12.0. The van der Waals surface area contributed by atoms with E-state index in [0.717, 1.165) is 27.7 Å². The number of fused-ring (bicyclic) bond motifs is 2. The second-order valence-corrected chi connectivity index (χ2v) is 6.41. The first kappa shape index (κ1) is 15.5. The normalized spacial score (nSPS) is 16.5. The third-order valence-corrected chi connectivity index (χ3v) is 4.69. The number of pyridine rings is 1. The van der Waals surface area contributed by atoms with E-state index < -0.39 is 5.92 Å². The third kappa shape index (κ3) is 2.32. The molecule has 4 rings (SSSR count). The van der Waals surface area contributed by atoms with Gasteiger partial charge in [-0.3, -0.25) is 5.10 Å². The Morgan fingerprint density at radius 2 is 2.12 bits per heavy atom. The van der Waals surface area contributed by atoms with E-state index in [1.807, 2.05) is 38.1 Å². The SMILES string of the molecule is Cc1ccc2nc(Cl)c([C@@H]3C(C#N)=C(N)Oc4n[nH]c(C)c43)cc2c1. The fourth-order valence-electron chi connectivity index (χ4n) is 3.20. The molecule has 1 aromatic carbocycles. The van der Waals surface area contributed by atoms with Crippen LogP contribution in [-0.2, 0) is 0 Å². The minimum absolute atomic E-state index is 0.0342. The van der Waals surface area contributed by atoms with E-state index in [-0.39, 0.29) is 5.88 Å². The van der Waals surface area contributed by atoms with Crippen LogP contribution < -0.4 is 10.5 Å². The summed E-state index contributed by atoms with van der Waals surface area (Å²) in [6.07, 6.45) is 0. The number of aryl methyl sites for hydroxylation is 2. The van der Waals surface area contributed by atoms with Crippen molar-refractivity contribution in [3.05, 3.63) is 63.3 Å². The van der Waals surface area contributed by atoms with Crippen molar-refractivity contribution < 1.29 is 4.74 Å². The zero-order valence-corrected chi connectivity index (χ0v) is 14.3. The van der Waals surface area contributed by atoms with Gasteiger partial charge in [0.05, 0.1) is 11.4 Å². The zero-order valence-electron chi connectivity index (χ0n) is 13.6. The molecule has 7 heteroatoms. The maximum Gasteiger partial charge on any atom is 0.244 e. The Kier molecular flexibility index (Phi) is 3.41. The van der Waals surface area contributed by atoms with Gasteiger partial charge in [-0.25, -0.2) is 4.98 Å². The molecule has 2 aromatic heterocycles. The molecule has 3 heterocycles. The summed E-state index contributed by atoms with van der Waals surface area (Å²) >= 11 is 6.48. The van der Waals surface area contributed by atoms with E-state index in [2.05, 4.69) is 21.3 Å². The molecular weight excluding hydrogens is 338 g/mol. The highest BCUT2D eigenvalue weighted by Crippen LogP contribution is 2.44. The number of hydrogen-bond donors (Lipinski definition) is 2. The third-order valence-electron chi connectivity index (χ3n) is 4.39. The van der Waals surface area contributed by atoms with E-state index in [4.69, 9.17) is 22.1 Å². The lowest BCUT2D eigenvalue weighted by atomic mass is 9.84. The van der Waals surface area contributed by atoms with Gasteiger partial charge in [0.25, 0.3) is 0 Å². The lowest BCUT2D eigenvalue weighted by Gasteiger charge is -2.24. The zero-order chi connectivity index (χ0) is 17.7. The lowest BCUT2D eigenvalue weighted by Crippen LogP contribution is -2.21. The Labute approximate surface area is 148 Å². The standard InChI is InChI=1S/C18H14ClN5O/c1-8-3-4-13-10(5-8)6-11(16(19)22-13)15-12(7-20)17(21)25-18-14(15)9(2)23-24-18/h3-6,15H,21H2,1-2H3,(H,23,24)/t15-/m1/s1. The van der Waals surface area contributed by atoms with Gasteiger partial charge in [0.15, 0.2) is 0 Å². The Bertz CT molecular complexity index is 1090. The fraction of sp³-hybridized carbons (Fsp3) is 0.167. The molecule has 124 valence electrons. The number of benzene rings is 1. The molecule has 0 radical (unpaired) electrons. The molecule has 0 unspecified atom stereocenters. The van der Waals surface area contributed by atoms with Gasteiger partial charge in [-0.15, -0.1) is 5.10 Å². The number of aromatic amines is 1. The molecule has 6 nitrogen and oxygen atoms in total. The number of nitrogens with two attached hydrogens (primary N) is 1. The predicted octanol–water partition coefficient (Wildman–Crippen LogP) is 3.45. The van der Waals surface area contributed by atoms with Crippen molar-refractivity contribution in [2.45, 2.75) is 19.8 Å². The molecule has 0 amide bonds. The van der Waals surface area contributed by atoms with Crippen LogP contribution in [0.5, 0.6) is 5.88 Å². The number of nitrogens with one attached hydrogen (secondary N) is 1. The molecule has 25 heavy (non-hydrogen) atoms.